The van der Waals surface area contributed by atoms with Crippen molar-refractivity contribution in [3.63, 3.8) is 0 Å². The Morgan fingerprint density at radius 2 is 1.81 bits per heavy atom. The molecule has 8 heteroatoms. The molecule has 3 aromatic rings. The minimum atomic E-state index is -0.572. The molecule has 1 heterocycles. The number of rotatable bonds is 5. The van der Waals surface area contributed by atoms with Gasteiger partial charge in [0.25, 0.3) is 11.8 Å². The van der Waals surface area contributed by atoms with E-state index in [9.17, 15) is 9.59 Å². The second-order valence-corrected chi connectivity index (χ2v) is 5.89. The van der Waals surface area contributed by atoms with E-state index in [-0.39, 0.29) is 12.3 Å². The summed E-state index contributed by atoms with van der Waals surface area (Å²) in [6, 6.07) is 14.7. The van der Waals surface area contributed by atoms with Crippen LogP contribution in [0, 0.1) is 13.8 Å². The number of ether oxygens (including phenoxy) is 1. The molecule has 0 saturated carbocycles. The highest BCUT2D eigenvalue weighted by molar-refractivity contribution is 5.93. The molecule has 3 rings (SSSR count). The molecule has 0 aliphatic rings. The number of carbonyl (C=O) groups is 2. The molecule has 0 fully saturated rings. The average molecular weight is 365 g/mol. The number of para-hydroxylation sites is 1. The molecule has 0 atom stereocenters. The van der Waals surface area contributed by atoms with Crippen LogP contribution in [-0.2, 0) is 4.79 Å². The van der Waals surface area contributed by atoms with E-state index in [0.29, 0.717) is 5.75 Å². The maximum absolute atomic E-state index is 12.1. The molecule has 0 aliphatic heterocycles. The van der Waals surface area contributed by atoms with Crippen molar-refractivity contribution in [3.05, 3.63) is 71.5 Å². The number of nitrogens with zero attached hydrogens (tertiary/aromatic N) is 3. The number of amides is 2. The van der Waals surface area contributed by atoms with Crippen LogP contribution in [0.25, 0.3) is 5.69 Å². The highest BCUT2D eigenvalue weighted by Gasteiger charge is 2.12. The summed E-state index contributed by atoms with van der Waals surface area (Å²) in [5, 5.41) is 8.11. The summed E-state index contributed by atoms with van der Waals surface area (Å²) in [5.74, 6) is -0.473. The molecule has 0 bridgehead atoms. The number of nitrogens with one attached hydrogen (secondary N) is 2. The third-order valence-corrected chi connectivity index (χ3v) is 3.88. The van der Waals surface area contributed by atoms with Crippen molar-refractivity contribution in [1.29, 1.82) is 0 Å². The van der Waals surface area contributed by atoms with E-state index in [1.54, 1.807) is 6.07 Å². The summed E-state index contributed by atoms with van der Waals surface area (Å²) in [5.41, 5.74) is 7.59. The van der Waals surface area contributed by atoms with Gasteiger partial charge in [-0.2, -0.15) is 9.90 Å². The highest BCUT2D eigenvalue weighted by atomic mass is 16.5. The maximum atomic E-state index is 12.1. The molecule has 0 saturated heterocycles. The SMILES string of the molecule is Cc1ccc(OCC(=O)NNC(=O)c2cnn(-c3ccccc3)n2)cc1C. The minimum Gasteiger partial charge on any atom is -0.484 e. The van der Waals surface area contributed by atoms with Crippen LogP contribution in [-0.4, -0.2) is 33.4 Å². The number of hydrazine groups is 1. The maximum Gasteiger partial charge on any atom is 0.291 e. The molecule has 0 spiro atoms. The van der Waals surface area contributed by atoms with Crippen molar-refractivity contribution >= 4 is 11.8 Å². The van der Waals surface area contributed by atoms with E-state index in [0.717, 1.165) is 16.8 Å². The molecule has 1 aromatic heterocycles. The van der Waals surface area contributed by atoms with E-state index < -0.39 is 11.8 Å². The van der Waals surface area contributed by atoms with Gasteiger partial charge in [0.2, 0.25) is 0 Å². The van der Waals surface area contributed by atoms with Gasteiger partial charge in [0.1, 0.15) is 5.75 Å². The Morgan fingerprint density at radius 1 is 1.04 bits per heavy atom. The lowest BCUT2D eigenvalue weighted by molar-refractivity contribution is -0.123. The van der Waals surface area contributed by atoms with Crippen molar-refractivity contribution in [2.45, 2.75) is 13.8 Å². The molecule has 8 nitrogen and oxygen atoms in total. The zero-order valence-corrected chi connectivity index (χ0v) is 15.0. The van der Waals surface area contributed by atoms with Crippen molar-refractivity contribution in [2.75, 3.05) is 6.61 Å². The standard InChI is InChI=1S/C19H19N5O3/c1-13-8-9-16(10-14(13)2)27-12-18(25)21-22-19(26)17-11-20-24(23-17)15-6-4-3-5-7-15/h3-11H,12H2,1-2H3,(H,21,25)(H,22,26). The van der Waals surface area contributed by atoms with Crippen molar-refractivity contribution in [3.8, 4) is 11.4 Å². The van der Waals surface area contributed by atoms with Crippen LogP contribution < -0.4 is 15.6 Å². The van der Waals surface area contributed by atoms with E-state index in [4.69, 9.17) is 4.74 Å². The second kappa shape index (κ2) is 8.13. The van der Waals surface area contributed by atoms with Crippen molar-refractivity contribution < 1.29 is 14.3 Å². The average Bonchev–Trinajstić information content (AvgIpc) is 3.18. The van der Waals surface area contributed by atoms with Gasteiger partial charge in [-0.3, -0.25) is 20.4 Å². The van der Waals surface area contributed by atoms with Gasteiger partial charge in [-0.25, -0.2) is 0 Å². The summed E-state index contributed by atoms with van der Waals surface area (Å²) >= 11 is 0. The lowest BCUT2D eigenvalue weighted by Gasteiger charge is -2.09. The highest BCUT2D eigenvalue weighted by Crippen LogP contribution is 2.16. The molecule has 0 radical (unpaired) electrons. The molecule has 2 aromatic carbocycles. The number of benzene rings is 2. The summed E-state index contributed by atoms with van der Waals surface area (Å²) in [4.78, 5) is 25.2. The fraction of sp³-hybridized carbons (Fsp3) is 0.158. The first kappa shape index (κ1) is 18.1. The number of hydrogen-bond acceptors (Lipinski definition) is 5. The number of aromatic nitrogens is 3. The normalized spacial score (nSPS) is 10.3. The van der Waals surface area contributed by atoms with Gasteiger partial charge in [0.05, 0.1) is 11.9 Å². The van der Waals surface area contributed by atoms with Gasteiger partial charge in [0, 0.05) is 0 Å². The lowest BCUT2D eigenvalue weighted by atomic mass is 10.1. The lowest BCUT2D eigenvalue weighted by Crippen LogP contribution is -2.44. The Morgan fingerprint density at radius 3 is 2.56 bits per heavy atom. The summed E-state index contributed by atoms with van der Waals surface area (Å²) < 4.78 is 5.41. The van der Waals surface area contributed by atoms with Gasteiger partial charge >= 0.3 is 0 Å². The molecule has 0 aliphatic carbocycles. The fourth-order valence-corrected chi connectivity index (χ4v) is 2.23. The van der Waals surface area contributed by atoms with Crippen molar-refractivity contribution in [1.82, 2.24) is 25.8 Å². The third kappa shape index (κ3) is 4.69. The van der Waals surface area contributed by atoms with Crippen LogP contribution in [0.1, 0.15) is 21.6 Å². The van der Waals surface area contributed by atoms with E-state index >= 15 is 0 Å². The van der Waals surface area contributed by atoms with Gasteiger partial charge in [-0.15, -0.1) is 5.10 Å². The topological polar surface area (TPSA) is 98.1 Å². The van der Waals surface area contributed by atoms with Gasteiger partial charge < -0.3 is 4.74 Å². The number of hydrogen-bond donors (Lipinski definition) is 2. The predicted molar refractivity (Wildman–Crippen MR) is 98.4 cm³/mol. The van der Waals surface area contributed by atoms with Crippen LogP contribution in [0.15, 0.2) is 54.7 Å². The molecule has 2 N–H and O–H groups in total. The molecule has 2 amide bonds. The van der Waals surface area contributed by atoms with E-state index in [2.05, 4.69) is 21.0 Å². The quantitative estimate of drug-likeness (QED) is 0.671. The monoisotopic (exact) mass is 365 g/mol. The van der Waals surface area contributed by atoms with Gasteiger partial charge in [-0.1, -0.05) is 24.3 Å². The molecule has 27 heavy (non-hydrogen) atoms. The third-order valence-electron chi connectivity index (χ3n) is 3.88. The van der Waals surface area contributed by atoms with Crippen molar-refractivity contribution in [2.24, 2.45) is 0 Å². The van der Waals surface area contributed by atoms with E-state index in [1.807, 2.05) is 56.3 Å². The zero-order valence-electron chi connectivity index (χ0n) is 15.0. The Bertz CT molecular complexity index is 953. The first-order valence-corrected chi connectivity index (χ1v) is 8.30. The summed E-state index contributed by atoms with van der Waals surface area (Å²) in [7, 11) is 0. The summed E-state index contributed by atoms with van der Waals surface area (Å²) in [6.45, 7) is 3.74. The number of carbonyl (C=O) groups excluding carboxylic acids is 2. The first-order valence-electron chi connectivity index (χ1n) is 8.30. The van der Waals surface area contributed by atoms with Crippen LogP contribution in [0.2, 0.25) is 0 Å². The van der Waals surface area contributed by atoms with Crippen LogP contribution in [0.3, 0.4) is 0 Å². The molecular formula is C19H19N5O3. The number of aryl methyl sites for hydroxylation is 2. The zero-order chi connectivity index (χ0) is 19.2. The first-order chi connectivity index (χ1) is 13.0. The van der Waals surface area contributed by atoms with Crippen LogP contribution >= 0.6 is 0 Å². The Hall–Kier alpha value is -3.68. The van der Waals surface area contributed by atoms with Crippen LogP contribution in [0.5, 0.6) is 5.75 Å². The Balaban J connectivity index is 1.49. The largest absolute Gasteiger partial charge is 0.484 e. The fourth-order valence-electron chi connectivity index (χ4n) is 2.23. The second-order valence-electron chi connectivity index (χ2n) is 5.89. The predicted octanol–water partition coefficient (Wildman–Crippen LogP) is 1.72. The minimum absolute atomic E-state index is 0.0780. The Labute approximate surface area is 156 Å². The summed E-state index contributed by atoms with van der Waals surface area (Å²) in [6.07, 6.45) is 1.32. The Kier molecular flexibility index (Phi) is 5.46. The van der Waals surface area contributed by atoms with Gasteiger partial charge in [0.15, 0.2) is 12.3 Å². The van der Waals surface area contributed by atoms with E-state index in [1.165, 1.54) is 11.0 Å². The smallest absolute Gasteiger partial charge is 0.291 e. The van der Waals surface area contributed by atoms with Crippen LogP contribution in [0.4, 0.5) is 0 Å². The molecule has 0 unspecified atom stereocenters. The van der Waals surface area contributed by atoms with Gasteiger partial charge in [-0.05, 0) is 49.2 Å². The molecular weight excluding hydrogens is 346 g/mol. The molecule has 138 valence electrons.